The van der Waals surface area contributed by atoms with E-state index >= 15 is 0 Å². The molecule has 0 saturated carbocycles. The Bertz CT molecular complexity index is 962. The second kappa shape index (κ2) is 7.21. The number of benzene rings is 1. The van der Waals surface area contributed by atoms with Crippen LogP contribution in [0.15, 0.2) is 30.6 Å². The highest BCUT2D eigenvalue weighted by Crippen LogP contribution is 2.30. The number of aromatic nitrogens is 2. The molecule has 0 aliphatic rings. The fraction of sp³-hybridized carbons (Fsp3) is 0.143. The molecule has 0 spiro atoms. The molecule has 0 amide bonds. The summed E-state index contributed by atoms with van der Waals surface area (Å²) < 4.78 is 5.01. The van der Waals surface area contributed by atoms with Crippen LogP contribution in [0.5, 0.6) is 0 Å². The number of pyridine rings is 1. The number of H-pyrrole nitrogens is 1. The van der Waals surface area contributed by atoms with Crippen LogP contribution in [-0.2, 0) is 4.74 Å². The summed E-state index contributed by atoms with van der Waals surface area (Å²) in [5, 5.41) is 25.7. The Balaban J connectivity index is 0.000000511. The number of nitro benzene ring substituents is 1. The Morgan fingerprint density at radius 3 is 2.56 bits per heavy atom. The number of rotatable bonds is 3. The van der Waals surface area contributed by atoms with Gasteiger partial charge in [-0.25, -0.2) is 4.79 Å². The molecule has 0 aliphatic heterocycles. The molecule has 11 nitrogen and oxygen atoms in total. The molecule has 2 aromatic heterocycles. The molecule has 3 rings (SSSR count). The van der Waals surface area contributed by atoms with Gasteiger partial charge in [0.15, 0.2) is 0 Å². The fourth-order valence-electron chi connectivity index (χ4n) is 2.32. The predicted molar refractivity (Wildman–Crippen MR) is 85.0 cm³/mol. The summed E-state index contributed by atoms with van der Waals surface area (Å²) in [4.78, 5) is 37.9. The first-order chi connectivity index (χ1) is 11.8. The Kier molecular flexibility index (Phi) is 5.07. The minimum Gasteiger partial charge on any atom is -0.462 e. The molecular weight excluding hydrogens is 336 g/mol. The highest BCUT2D eigenvalue weighted by atomic mass is 16.9. The summed E-state index contributed by atoms with van der Waals surface area (Å²) in [6.45, 7) is 1.96. The second-order valence-electron chi connectivity index (χ2n) is 4.68. The molecule has 0 aliphatic carbocycles. The first-order valence-corrected chi connectivity index (χ1v) is 6.89. The van der Waals surface area contributed by atoms with Crippen LogP contribution in [0.2, 0.25) is 0 Å². The number of ether oxygens (including phenoxy) is 1. The zero-order valence-corrected chi connectivity index (χ0v) is 12.8. The average molecular weight is 348 g/mol. The summed E-state index contributed by atoms with van der Waals surface area (Å²) in [6.07, 6.45) is 2.98. The summed E-state index contributed by atoms with van der Waals surface area (Å²) in [7, 11) is 0. The van der Waals surface area contributed by atoms with Crippen LogP contribution in [0.1, 0.15) is 17.3 Å². The van der Waals surface area contributed by atoms with E-state index in [4.69, 9.17) is 20.1 Å². The van der Waals surface area contributed by atoms with Crippen molar-refractivity contribution >= 4 is 33.5 Å². The van der Waals surface area contributed by atoms with Crippen LogP contribution in [0.4, 0.5) is 5.69 Å². The van der Waals surface area contributed by atoms with E-state index in [1.54, 1.807) is 19.2 Å². The molecule has 0 radical (unpaired) electrons. The average Bonchev–Trinajstić information content (AvgIpc) is 2.92. The number of non-ortho nitro benzene ring substituents is 1. The monoisotopic (exact) mass is 348 g/mol. The van der Waals surface area contributed by atoms with Crippen LogP contribution in [0.3, 0.4) is 0 Å². The molecule has 0 unspecified atom stereocenters. The van der Waals surface area contributed by atoms with E-state index < -0.39 is 16.0 Å². The van der Waals surface area contributed by atoms with Crippen molar-refractivity contribution < 1.29 is 24.7 Å². The lowest BCUT2D eigenvalue weighted by Crippen LogP contribution is -2.05. The molecule has 25 heavy (non-hydrogen) atoms. The lowest BCUT2D eigenvalue weighted by Gasteiger charge is -2.03. The maximum absolute atomic E-state index is 12.0. The van der Waals surface area contributed by atoms with Gasteiger partial charge in [-0.15, -0.1) is 10.1 Å². The van der Waals surface area contributed by atoms with Gasteiger partial charge in [0, 0.05) is 34.6 Å². The third-order valence-electron chi connectivity index (χ3n) is 3.19. The van der Waals surface area contributed by atoms with Crippen LogP contribution < -0.4 is 0 Å². The molecule has 3 aromatic rings. The van der Waals surface area contributed by atoms with Gasteiger partial charge in [-0.2, -0.15) is 0 Å². The quantitative estimate of drug-likeness (QED) is 0.414. The normalized spacial score (nSPS) is 10.1. The summed E-state index contributed by atoms with van der Waals surface area (Å²) >= 11 is 0. The van der Waals surface area contributed by atoms with E-state index in [9.17, 15) is 14.9 Å². The van der Waals surface area contributed by atoms with Crippen molar-refractivity contribution in [2.45, 2.75) is 6.92 Å². The highest BCUT2D eigenvalue weighted by Gasteiger charge is 2.18. The Hall–Kier alpha value is -3.76. The number of nitrogens with one attached hydrogen (secondary N) is 1. The molecule has 2 heterocycles. The third-order valence-corrected chi connectivity index (χ3v) is 3.19. The van der Waals surface area contributed by atoms with Crippen molar-refractivity contribution in [2.75, 3.05) is 6.61 Å². The fourth-order valence-corrected chi connectivity index (χ4v) is 2.32. The van der Waals surface area contributed by atoms with Crippen molar-refractivity contribution in [1.29, 1.82) is 0 Å². The molecular formula is C14H12N4O7. The van der Waals surface area contributed by atoms with Gasteiger partial charge in [0.25, 0.3) is 10.8 Å². The number of carbonyl (C=O) groups excluding carboxylic acids is 1. The number of fused-ring (bicyclic) bond motifs is 3. The molecule has 0 bridgehead atoms. The van der Waals surface area contributed by atoms with Gasteiger partial charge in [0.05, 0.1) is 28.8 Å². The van der Waals surface area contributed by atoms with Crippen LogP contribution in [0.25, 0.3) is 21.8 Å². The number of hydrogen-bond donors (Lipinski definition) is 2. The predicted octanol–water partition coefficient (Wildman–Crippen LogP) is 2.45. The number of hydrogen-bond acceptors (Lipinski definition) is 7. The van der Waals surface area contributed by atoms with Crippen molar-refractivity contribution in [1.82, 2.24) is 9.97 Å². The van der Waals surface area contributed by atoms with E-state index in [2.05, 4.69) is 9.97 Å². The summed E-state index contributed by atoms with van der Waals surface area (Å²) in [5.74, 6) is -0.497. The first-order valence-electron chi connectivity index (χ1n) is 6.89. The topological polar surface area (TPSA) is 161 Å². The SMILES string of the molecule is CCOC(=O)c1cncc2[nH]c3ccc([N+](=O)[O-])cc3c12.O=[N+]([O-])O. The minimum atomic E-state index is -1.50. The van der Waals surface area contributed by atoms with E-state index in [0.29, 0.717) is 27.4 Å². The van der Waals surface area contributed by atoms with Crippen molar-refractivity contribution in [2.24, 2.45) is 0 Å². The highest BCUT2D eigenvalue weighted by molar-refractivity contribution is 6.16. The molecule has 130 valence electrons. The van der Waals surface area contributed by atoms with Crippen LogP contribution in [0, 0.1) is 20.2 Å². The van der Waals surface area contributed by atoms with Crippen molar-refractivity contribution in [3.8, 4) is 0 Å². The Labute approximate surface area is 139 Å². The van der Waals surface area contributed by atoms with E-state index in [0.717, 1.165) is 0 Å². The zero-order valence-electron chi connectivity index (χ0n) is 12.8. The molecule has 11 heteroatoms. The summed E-state index contributed by atoms with van der Waals surface area (Å²) in [6, 6.07) is 4.47. The summed E-state index contributed by atoms with van der Waals surface area (Å²) in [5.41, 5.74) is 1.60. The van der Waals surface area contributed by atoms with E-state index in [1.807, 2.05) is 0 Å². The Morgan fingerprint density at radius 1 is 1.28 bits per heavy atom. The van der Waals surface area contributed by atoms with Crippen LogP contribution in [-0.4, -0.2) is 37.8 Å². The molecule has 0 fully saturated rings. The zero-order chi connectivity index (χ0) is 18.6. The maximum atomic E-state index is 12.0. The standard InChI is InChI=1S/C14H11N3O4.HNO3/c1-2-21-14(18)10-6-15-7-12-13(10)9-5-8(17(19)20)3-4-11(9)16-12;2-1(3)4/h3-7,16H,2H2,1H3;(H,2,3,4). The minimum absolute atomic E-state index is 0.0324. The van der Waals surface area contributed by atoms with Gasteiger partial charge in [0.1, 0.15) is 0 Å². The van der Waals surface area contributed by atoms with Crippen molar-refractivity contribution in [3.05, 3.63) is 56.4 Å². The van der Waals surface area contributed by atoms with Crippen LogP contribution >= 0.6 is 0 Å². The second-order valence-corrected chi connectivity index (χ2v) is 4.68. The molecule has 1 aromatic carbocycles. The van der Waals surface area contributed by atoms with Gasteiger partial charge in [-0.1, -0.05) is 0 Å². The number of nitrogens with zero attached hydrogens (tertiary/aromatic N) is 3. The van der Waals surface area contributed by atoms with Gasteiger partial charge in [0.2, 0.25) is 0 Å². The van der Waals surface area contributed by atoms with Gasteiger partial charge < -0.3 is 14.9 Å². The lowest BCUT2D eigenvalue weighted by atomic mass is 10.1. The maximum Gasteiger partial charge on any atom is 0.340 e. The number of carbonyl (C=O) groups is 1. The van der Waals surface area contributed by atoms with Gasteiger partial charge in [-0.05, 0) is 13.0 Å². The number of esters is 1. The molecule has 0 atom stereocenters. The lowest BCUT2D eigenvalue weighted by molar-refractivity contribution is -0.742. The van der Waals surface area contributed by atoms with Crippen molar-refractivity contribution in [3.63, 3.8) is 0 Å². The number of nitro groups is 1. The van der Waals surface area contributed by atoms with E-state index in [-0.39, 0.29) is 12.3 Å². The van der Waals surface area contributed by atoms with Gasteiger partial charge in [-0.3, -0.25) is 15.1 Å². The first kappa shape index (κ1) is 17.6. The third kappa shape index (κ3) is 3.77. The Morgan fingerprint density at radius 2 is 1.96 bits per heavy atom. The number of aromatic amines is 1. The smallest absolute Gasteiger partial charge is 0.340 e. The largest absolute Gasteiger partial charge is 0.462 e. The van der Waals surface area contributed by atoms with E-state index in [1.165, 1.54) is 18.3 Å². The molecule has 2 N–H and O–H groups in total. The molecule has 0 saturated heterocycles. The van der Waals surface area contributed by atoms with Gasteiger partial charge >= 0.3 is 5.97 Å².